The summed E-state index contributed by atoms with van der Waals surface area (Å²) in [7, 11) is 4.58. The minimum atomic E-state index is -0.352. The van der Waals surface area contributed by atoms with Crippen molar-refractivity contribution in [1.29, 1.82) is 5.26 Å². The van der Waals surface area contributed by atoms with Crippen LogP contribution in [0.4, 0.5) is 5.69 Å². The van der Waals surface area contributed by atoms with Crippen molar-refractivity contribution in [3.05, 3.63) is 53.6 Å². The van der Waals surface area contributed by atoms with Gasteiger partial charge < -0.3 is 25.3 Å². The van der Waals surface area contributed by atoms with Gasteiger partial charge in [-0.25, -0.2) is 0 Å². The largest absolute Gasteiger partial charge is 0.495 e. The Labute approximate surface area is 158 Å². The van der Waals surface area contributed by atoms with Gasteiger partial charge in [0.1, 0.15) is 5.75 Å². The first kappa shape index (κ1) is 19.8. The molecule has 0 heterocycles. The third-order valence-corrected chi connectivity index (χ3v) is 3.87. The summed E-state index contributed by atoms with van der Waals surface area (Å²) in [4.78, 5) is 11.7. The van der Waals surface area contributed by atoms with E-state index >= 15 is 0 Å². The van der Waals surface area contributed by atoms with E-state index in [9.17, 15) is 10.1 Å². The first-order valence-corrected chi connectivity index (χ1v) is 8.09. The van der Waals surface area contributed by atoms with E-state index in [1.807, 2.05) is 12.1 Å². The maximum absolute atomic E-state index is 11.7. The van der Waals surface area contributed by atoms with Gasteiger partial charge in [-0.15, -0.1) is 0 Å². The summed E-state index contributed by atoms with van der Waals surface area (Å²) in [6.07, 6.45) is 1.41. The van der Waals surface area contributed by atoms with Crippen LogP contribution in [0.15, 0.2) is 42.5 Å². The summed E-state index contributed by atoms with van der Waals surface area (Å²) in [6.45, 7) is -0.155. The molecule has 0 atom stereocenters. The molecule has 0 aliphatic heterocycles. The molecule has 0 aliphatic carbocycles. The van der Waals surface area contributed by atoms with Crippen molar-refractivity contribution >= 4 is 17.2 Å². The fraction of sp³-hybridized carbons (Fsp3) is 0.200. The van der Waals surface area contributed by atoms with E-state index in [2.05, 4.69) is 11.4 Å². The Bertz CT molecular complexity index is 901. The van der Waals surface area contributed by atoms with Crippen molar-refractivity contribution in [3.8, 4) is 23.3 Å². The van der Waals surface area contributed by atoms with Gasteiger partial charge in [0.05, 0.1) is 39.6 Å². The van der Waals surface area contributed by atoms with Crippen LogP contribution in [0.25, 0.3) is 5.57 Å². The quantitative estimate of drug-likeness (QED) is 0.729. The number of carbonyl (C=O) groups is 1. The van der Waals surface area contributed by atoms with Crippen molar-refractivity contribution in [2.24, 2.45) is 5.73 Å². The Morgan fingerprint density at radius 2 is 1.89 bits per heavy atom. The molecule has 0 spiro atoms. The van der Waals surface area contributed by atoms with E-state index in [1.165, 1.54) is 20.3 Å². The van der Waals surface area contributed by atoms with E-state index in [0.717, 1.165) is 0 Å². The van der Waals surface area contributed by atoms with E-state index in [0.29, 0.717) is 39.6 Å². The van der Waals surface area contributed by atoms with Crippen LogP contribution < -0.4 is 25.3 Å². The molecule has 2 rings (SSSR count). The van der Waals surface area contributed by atoms with Crippen LogP contribution in [0, 0.1) is 11.3 Å². The van der Waals surface area contributed by atoms with Crippen LogP contribution >= 0.6 is 0 Å². The van der Waals surface area contributed by atoms with Gasteiger partial charge in [0.15, 0.2) is 11.5 Å². The molecule has 7 nitrogen and oxygen atoms in total. The fourth-order valence-electron chi connectivity index (χ4n) is 2.65. The molecule has 0 aliphatic rings. The van der Waals surface area contributed by atoms with Gasteiger partial charge in [-0.2, -0.15) is 5.26 Å². The number of para-hydroxylation sites is 1. The number of nitrogens with zero attached hydrogens (tertiary/aromatic N) is 1. The SMILES string of the molecule is COc1ccc(C(=CC#N)c2cccc(OC)c2OC)cc1NC(=O)CN. The number of nitriles is 1. The summed E-state index contributed by atoms with van der Waals surface area (Å²) < 4.78 is 16.1. The van der Waals surface area contributed by atoms with Gasteiger partial charge in [0.25, 0.3) is 0 Å². The number of rotatable bonds is 7. The first-order chi connectivity index (χ1) is 13.1. The summed E-state index contributed by atoms with van der Waals surface area (Å²) >= 11 is 0. The van der Waals surface area contributed by atoms with Crippen LogP contribution in [0.5, 0.6) is 17.2 Å². The third-order valence-electron chi connectivity index (χ3n) is 3.87. The molecule has 0 saturated carbocycles. The number of amides is 1. The maximum Gasteiger partial charge on any atom is 0.238 e. The molecule has 2 aromatic carbocycles. The van der Waals surface area contributed by atoms with Crippen molar-refractivity contribution in [3.63, 3.8) is 0 Å². The monoisotopic (exact) mass is 367 g/mol. The van der Waals surface area contributed by atoms with Crippen molar-refractivity contribution in [2.75, 3.05) is 33.2 Å². The molecule has 1 amide bonds. The number of allylic oxidation sites excluding steroid dienone is 1. The number of anilines is 1. The molecule has 2 aromatic rings. The predicted molar refractivity (Wildman–Crippen MR) is 103 cm³/mol. The Hall–Kier alpha value is -3.50. The lowest BCUT2D eigenvalue weighted by molar-refractivity contribution is -0.114. The number of nitrogens with one attached hydrogen (secondary N) is 1. The summed E-state index contributed by atoms with van der Waals surface area (Å²) in [5.41, 5.74) is 7.82. The molecule has 0 fully saturated rings. The summed E-state index contributed by atoms with van der Waals surface area (Å²) in [5.74, 6) is 1.18. The highest BCUT2D eigenvalue weighted by atomic mass is 16.5. The van der Waals surface area contributed by atoms with E-state index in [4.69, 9.17) is 19.9 Å². The number of nitrogens with two attached hydrogens (primary N) is 1. The minimum absolute atomic E-state index is 0.155. The molecule has 0 saturated heterocycles. The van der Waals surface area contributed by atoms with Crippen LogP contribution in [-0.4, -0.2) is 33.8 Å². The minimum Gasteiger partial charge on any atom is -0.495 e. The number of carbonyl (C=O) groups excluding carboxylic acids is 1. The molecule has 0 bridgehead atoms. The normalized spacial score (nSPS) is 10.7. The molecule has 0 radical (unpaired) electrons. The lowest BCUT2D eigenvalue weighted by Crippen LogP contribution is -2.22. The molecule has 7 heteroatoms. The van der Waals surface area contributed by atoms with Crippen LogP contribution in [0.2, 0.25) is 0 Å². The van der Waals surface area contributed by atoms with Crippen LogP contribution in [0.3, 0.4) is 0 Å². The van der Waals surface area contributed by atoms with E-state index < -0.39 is 0 Å². The van der Waals surface area contributed by atoms with E-state index in [1.54, 1.807) is 31.4 Å². The lowest BCUT2D eigenvalue weighted by Gasteiger charge is -2.17. The Morgan fingerprint density at radius 3 is 2.48 bits per heavy atom. The molecular formula is C20H21N3O4. The Kier molecular flexibility index (Phi) is 6.80. The number of hydrogen-bond donors (Lipinski definition) is 2. The third kappa shape index (κ3) is 4.37. The number of benzene rings is 2. The van der Waals surface area contributed by atoms with Gasteiger partial charge in [0.2, 0.25) is 5.91 Å². The average Bonchev–Trinajstić information content (AvgIpc) is 2.71. The first-order valence-electron chi connectivity index (χ1n) is 8.09. The number of methoxy groups -OCH3 is 3. The molecule has 0 unspecified atom stereocenters. The molecule has 27 heavy (non-hydrogen) atoms. The highest BCUT2D eigenvalue weighted by Crippen LogP contribution is 2.39. The van der Waals surface area contributed by atoms with Crippen molar-refractivity contribution < 1.29 is 19.0 Å². The van der Waals surface area contributed by atoms with Crippen molar-refractivity contribution in [1.82, 2.24) is 0 Å². The van der Waals surface area contributed by atoms with Gasteiger partial charge in [-0.1, -0.05) is 18.2 Å². The second-order valence-corrected chi connectivity index (χ2v) is 5.40. The summed E-state index contributed by atoms with van der Waals surface area (Å²) in [5, 5.41) is 12.0. The molecule has 140 valence electrons. The average molecular weight is 367 g/mol. The zero-order valence-corrected chi connectivity index (χ0v) is 15.4. The predicted octanol–water partition coefficient (Wildman–Crippen LogP) is 2.56. The molecule has 3 N–H and O–H groups in total. The topological polar surface area (TPSA) is 107 Å². The number of hydrogen-bond acceptors (Lipinski definition) is 6. The standard InChI is InChI=1S/C20H21N3O4/c1-25-17-8-7-13(11-16(17)23-19(24)12-22)14(9-10-21)15-5-4-6-18(26-2)20(15)27-3/h4-9,11H,12,22H2,1-3H3,(H,23,24). The zero-order chi connectivity index (χ0) is 19.8. The maximum atomic E-state index is 11.7. The van der Waals surface area contributed by atoms with Gasteiger partial charge in [-0.3, -0.25) is 4.79 Å². The van der Waals surface area contributed by atoms with Gasteiger partial charge in [-0.05, 0) is 23.8 Å². The second kappa shape index (κ2) is 9.27. The van der Waals surface area contributed by atoms with Gasteiger partial charge >= 0.3 is 0 Å². The molecule has 0 aromatic heterocycles. The highest BCUT2D eigenvalue weighted by molar-refractivity contribution is 5.95. The van der Waals surface area contributed by atoms with Crippen LogP contribution in [-0.2, 0) is 4.79 Å². The molecular weight excluding hydrogens is 346 g/mol. The highest BCUT2D eigenvalue weighted by Gasteiger charge is 2.17. The lowest BCUT2D eigenvalue weighted by atomic mass is 9.95. The zero-order valence-electron chi connectivity index (χ0n) is 15.4. The summed E-state index contributed by atoms with van der Waals surface area (Å²) in [6, 6.07) is 12.7. The smallest absolute Gasteiger partial charge is 0.238 e. The Morgan fingerprint density at radius 1 is 1.15 bits per heavy atom. The van der Waals surface area contributed by atoms with Gasteiger partial charge in [0, 0.05) is 17.2 Å². The number of ether oxygens (including phenoxy) is 3. The second-order valence-electron chi connectivity index (χ2n) is 5.40. The fourth-order valence-corrected chi connectivity index (χ4v) is 2.65. The Balaban J connectivity index is 2.62. The van der Waals surface area contributed by atoms with Crippen molar-refractivity contribution in [2.45, 2.75) is 0 Å². The van der Waals surface area contributed by atoms with E-state index in [-0.39, 0.29) is 12.5 Å². The van der Waals surface area contributed by atoms with Crippen LogP contribution in [0.1, 0.15) is 11.1 Å².